The lowest BCUT2D eigenvalue weighted by atomic mass is 10.1. The van der Waals surface area contributed by atoms with Gasteiger partial charge in [0.15, 0.2) is 15.5 Å². The summed E-state index contributed by atoms with van der Waals surface area (Å²) >= 11 is 0. The zero-order chi connectivity index (χ0) is 20.4. The Labute approximate surface area is 171 Å². The Morgan fingerprint density at radius 1 is 1.17 bits per heavy atom. The van der Waals surface area contributed by atoms with E-state index in [0.29, 0.717) is 29.1 Å². The Hall–Kier alpha value is -2.45. The van der Waals surface area contributed by atoms with Crippen molar-refractivity contribution in [2.24, 2.45) is 0 Å². The number of sulfone groups is 1. The molecule has 0 N–H and O–H groups in total. The maximum Gasteiger partial charge on any atom is 0.231 e. The fourth-order valence-electron chi connectivity index (χ4n) is 3.77. The molecule has 1 saturated heterocycles. The van der Waals surface area contributed by atoms with Crippen LogP contribution in [-0.4, -0.2) is 59.9 Å². The predicted octanol–water partition coefficient (Wildman–Crippen LogP) is 3.05. The van der Waals surface area contributed by atoms with E-state index in [1.807, 2.05) is 12.1 Å². The van der Waals surface area contributed by atoms with E-state index in [0.717, 1.165) is 24.2 Å². The summed E-state index contributed by atoms with van der Waals surface area (Å²) in [5.74, 6) is 0.642. The fourth-order valence-corrected chi connectivity index (χ4v) is 4.66. The first-order chi connectivity index (χ1) is 14.0. The summed E-state index contributed by atoms with van der Waals surface area (Å²) < 4.78 is 31.7. The number of hydrogen-bond donors (Lipinski definition) is 0. The third kappa shape index (κ3) is 4.13. The number of likely N-dealkylation sites (tertiary alicyclic amines) is 1. The van der Waals surface area contributed by atoms with Crippen molar-refractivity contribution in [1.82, 2.24) is 19.5 Å². The van der Waals surface area contributed by atoms with Gasteiger partial charge in [-0.3, -0.25) is 0 Å². The molecule has 1 atom stereocenters. The zero-order valence-corrected chi connectivity index (χ0v) is 17.6. The van der Waals surface area contributed by atoms with Crippen molar-refractivity contribution in [2.75, 3.05) is 26.0 Å². The van der Waals surface area contributed by atoms with E-state index in [1.165, 1.54) is 12.8 Å². The number of hydrogen-bond acceptors (Lipinski definition) is 6. The molecule has 0 saturated carbocycles. The van der Waals surface area contributed by atoms with Gasteiger partial charge in [0.1, 0.15) is 0 Å². The second kappa shape index (κ2) is 8.12. The molecular weight excluding hydrogens is 388 g/mol. The summed E-state index contributed by atoms with van der Waals surface area (Å²) in [4.78, 5) is 7.11. The molecule has 1 aliphatic heterocycles. The second-order valence-electron chi connectivity index (χ2n) is 7.43. The molecule has 0 spiro atoms. The van der Waals surface area contributed by atoms with E-state index in [-0.39, 0.29) is 5.75 Å². The molecule has 0 aliphatic carbocycles. The minimum atomic E-state index is -3.22. The van der Waals surface area contributed by atoms with Crippen LogP contribution in [0.2, 0.25) is 0 Å². The van der Waals surface area contributed by atoms with Crippen LogP contribution < -0.4 is 4.74 Å². The van der Waals surface area contributed by atoms with Crippen LogP contribution in [0.15, 0.2) is 47.5 Å². The summed E-state index contributed by atoms with van der Waals surface area (Å²) in [7, 11) is -1.05. The van der Waals surface area contributed by atoms with Crippen molar-refractivity contribution in [3.63, 3.8) is 0 Å². The number of ether oxygens (including phenoxy) is 1. The van der Waals surface area contributed by atoms with E-state index in [9.17, 15) is 8.42 Å². The molecule has 0 amide bonds. The third-order valence-electron chi connectivity index (χ3n) is 5.60. The number of nitrogens with zero attached hydrogens (tertiary/aromatic N) is 4. The van der Waals surface area contributed by atoms with Gasteiger partial charge in [0.05, 0.1) is 29.1 Å². The van der Waals surface area contributed by atoms with Gasteiger partial charge >= 0.3 is 0 Å². The molecule has 7 nitrogen and oxygen atoms in total. The molecule has 1 aromatic carbocycles. The highest BCUT2D eigenvalue weighted by atomic mass is 32.2. The van der Waals surface area contributed by atoms with Gasteiger partial charge in [-0.05, 0) is 51.1 Å². The van der Waals surface area contributed by atoms with Crippen molar-refractivity contribution in [2.45, 2.75) is 37.1 Å². The molecular formula is C21H26N4O3S. The Morgan fingerprint density at radius 2 is 1.97 bits per heavy atom. The molecule has 3 heterocycles. The number of benzene rings is 1. The first kappa shape index (κ1) is 19.8. The zero-order valence-electron chi connectivity index (χ0n) is 16.8. The summed E-state index contributed by atoms with van der Waals surface area (Å²) in [5.41, 5.74) is 2.36. The maximum absolute atomic E-state index is 12.0. The predicted molar refractivity (Wildman–Crippen MR) is 112 cm³/mol. The van der Waals surface area contributed by atoms with Gasteiger partial charge in [0.2, 0.25) is 5.88 Å². The molecule has 8 heteroatoms. The van der Waals surface area contributed by atoms with Crippen molar-refractivity contribution >= 4 is 15.5 Å². The SMILES string of the molecule is CCS(=O)(=O)c1ccc(-c2cnc3ccc(OCCC4CCCN4C)nn23)cc1. The molecule has 3 aromatic rings. The van der Waals surface area contributed by atoms with Gasteiger partial charge in [0.25, 0.3) is 0 Å². The molecule has 154 valence electrons. The first-order valence-corrected chi connectivity index (χ1v) is 11.6. The number of rotatable bonds is 7. The Balaban J connectivity index is 1.52. The average molecular weight is 415 g/mol. The van der Waals surface area contributed by atoms with Crippen molar-refractivity contribution < 1.29 is 13.2 Å². The van der Waals surface area contributed by atoms with Crippen molar-refractivity contribution in [3.05, 3.63) is 42.6 Å². The minimum Gasteiger partial charge on any atom is -0.477 e. The summed E-state index contributed by atoms with van der Waals surface area (Å²) in [6.07, 6.45) is 5.20. The molecule has 1 fully saturated rings. The highest BCUT2D eigenvalue weighted by Crippen LogP contribution is 2.24. The Bertz CT molecular complexity index is 1090. The summed E-state index contributed by atoms with van der Waals surface area (Å²) in [6, 6.07) is 11.1. The average Bonchev–Trinajstić information content (AvgIpc) is 3.34. The lowest BCUT2D eigenvalue weighted by Gasteiger charge is -2.19. The van der Waals surface area contributed by atoms with Gasteiger partial charge in [-0.2, -0.15) is 0 Å². The highest BCUT2D eigenvalue weighted by molar-refractivity contribution is 7.91. The smallest absolute Gasteiger partial charge is 0.231 e. The lowest BCUT2D eigenvalue weighted by Crippen LogP contribution is -2.26. The van der Waals surface area contributed by atoms with Crippen LogP contribution >= 0.6 is 0 Å². The quantitative estimate of drug-likeness (QED) is 0.591. The van der Waals surface area contributed by atoms with E-state index in [1.54, 1.807) is 41.9 Å². The van der Waals surface area contributed by atoms with Gasteiger partial charge in [0, 0.05) is 17.7 Å². The summed E-state index contributed by atoms with van der Waals surface area (Å²) in [5, 5.41) is 4.58. The van der Waals surface area contributed by atoms with E-state index < -0.39 is 9.84 Å². The minimum absolute atomic E-state index is 0.0842. The van der Waals surface area contributed by atoms with Crippen LogP contribution in [0.4, 0.5) is 0 Å². The van der Waals surface area contributed by atoms with Crippen LogP contribution in [0.5, 0.6) is 5.88 Å². The molecule has 0 radical (unpaired) electrons. The van der Waals surface area contributed by atoms with E-state index in [2.05, 4.69) is 22.0 Å². The molecule has 0 bridgehead atoms. The standard InChI is InChI=1S/C21H26N4O3S/c1-3-29(26,27)18-8-6-16(7-9-18)19-15-22-20-10-11-21(23-25(19)20)28-14-12-17-5-4-13-24(17)2/h6-11,15,17H,3-5,12-14H2,1-2H3. The van der Waals surface area contributed by atoms with Crippen molar-refractivity contribution in [3.8, 4) is 17.1 Å². The Morgan fingerprint density at radius 3 is 2.66 bits per heavy atom. The monoisotopic (exact) mass is 414 g/mol. The van der Waals surface area contributed by atoms with Crippen LogP contribution in [-0.2, 0) is 9.84 Å². The van der Waals surface area contributed by atoms with Crippen LogP contribution in [0.1, 0.15) is 26.2 Å². The molecule has 1 unspecified atom stereocenters. The molecule has 4 rings (SSSR count). The lowest BCUT2D eigenvalue weighted by molar-refractivity contribution is 0.227. The highest BCUT2D eigenvalue weighted by Gasteiger charge is 2.20. The summed E-state index contributed by atoms with van der Waals surface area (Å²) in [6.45, 7) is 3.43. The first-order valence-electron chi connectivity index (χ1n) is 9.99. The van der Waals surface area contributed by atoms with Gasteiger partial charge < -0.3 is 9.64 Å². The topological polar surface area (TPSA) is 76.8 Å². The van der Waals surface area contributed by atoms with Gasteiger partial charge in [-0.25, -0.2) is 17.9 Å². The van der Waals surface area contributed by atoms with Crippen molar-refractivity contribution in [1.29, 1.82) is 0 Å². The van der Waals surface area contributed by atoms with E-state index >= 15 is 0 Å². The number of imidazole rings is 1. The van der Waals surface area contributed by atoms with Crippen LogP contribution in [0.3, 0.4) is 0 Å². The normalized spacial score (nSPS) is 17.8. The van der Waals surface area contributed by atoms with Gasteiger partial charge in [-0.15, -0.1) is 5.10 Å². The number of fused-ring (bicyclic) bond motifs is 1. The molecule has 29 heavy (non-hydrogen) atoms. The molecule has 2 aromatic heterocycles. The van der Waals surface area contributed by atoms with Crippen LogP contribution in [0, 0.1) is 0 Å². The van der Waals surface area contributed by atoms with E-state index in [4.69, 9.17) is 4.74 Å². The van der Waals surface area contributed by atoms with Gasteiger partial charge in [-0.1, -0.05) is 19.1 Å². The maximum atomic E-state index is 12.0. The largest absolute Gasteiger partial charge is 0.477 e. The fraction of sp³-hybridized carbons (Fsp3) is 0.429. The molecule has 1 aliphatic rings. The van der Waals surface area contributed by atoms with Crippen LogP contribution in [0.25, 0.3) is 16.9 Å². The third-order valence-corrected chi connectivity index (χ3v) is 7.35. The number of aromatic nitrogens is 3. The Kier molecular flexibility index (Phi) is 5.56. The second-order valence-corrected chi connectivity index (χ2v) is 9.70.